The Morgan fingerprint density at radius 1 is 0.895 bits per heavy atom. The van der Waals surface area contributed by atoms with Crippen LogP contribution in [0, 0.1) is 0 Å². The van der Waals surface area contributed by atoms with Crippen LogP contribution in [-0.4, -0.2) is 10.2 Å². The van der Waals surface area contributed by atoms with Crippen LogP contribution in [0.4, 0.5) is 0 Å². The number of hydrogen-bond acceptors (Lipinski definition) is 3. The zero-order chi connectivity index (χ0) is 13.1. The van der Waals surface area contributed by atoms with E-state index in [1.807, 2.05) is 66.7 Å². The minimum atomic E-state index is 0.00251. The SMILES string of the molecule is O=C1SC(c2ccccc2)=N/C1=C/c1ccccc1. The van der Waals surface area contributed by atoms with Crippen molar-refractivity contribution in [3.05, 3.63) is 77.5 Å². The van der Waals surface area contributed by atoms with Gasteiger partial charge in [-0.25, -0.2) is 4.99 Å². The molecular weight excluding hydrogens is 254 g/mol. The first kappa shape index (κ1) is 11.9. The predicted molar refractivity (Wildman–Crippen MR) is 80.0 cm³/mol. The molecule has 1 aliphatic heterocycles. The summed E-state index contributed by atoms with van der Waals surface area (Å²) in [6.45, 7) is 0. The average Bonchev–Trinajstić information content (AvgIpc) is 2.82. The van der Waals surface area contributed by atoms with Crippen LogP contribution in [0.25, 0.3) is 6.08 Å². The molecule has 0 aliphatic carbocycles. The Labute approximate surface area is 115 Å². The van der Waals surface area contributed by atoms with Crippen LogP contribution in [0.15, 0.2) is 71.4 Å². The number of hydrogen-bond donors (Lipinski definition) is 0. The highest BCUT2D eigenvalue weighted by atomic mass is 32.2. The van der Waals surface area contributed by atoms with Crippen molar-refractivity contribution in [2.24, 2.45) is 4.99 Å². The third-order valence-electron chi connectivity index (χ3n) is 2.74. The van der Waals surface area contributed by atoms with Crippen molar-refractivity contribution in [1.82, 2.24) is 0 Å². The molecular formula is C16H11NOS. The van der Waals surface area contributed by atoms with Gasteiger partial charge in [0, 0.05) is 5.56 Å². The number of rotatable bonds is 2. The van der Waals surface area contributed by atoms with Crippen molar-refractivity contribution in [1.29, 1.82) is 0 Å². The van der Waals surface area contributed by atoms with E-state index in [2.05, 4.69) is 4.99 Å². The maximum absolute atomic E-state index is 11.9. The highest BCUT2D eigenvalue weighted by Crippen LogP contribution is 2.28. The maximum Gasteiger partial charge on any atom is 0.244 e. The molecule has 1 aliphatic rings. The minimum Gasteiger partial charge on any atom is -0.279 e. The Morgan fingerprint density at radius 2 is 1.53 bits per heavy atom. The van der Waals surface area contributed by atoms with Gasteiger partial charge in [-0.2, -0.15) is 0 Å². The summed E-state index contributed by atoms with van der Waals surface area (Å²) in [7, 11) is 0. The number of aliphatic imine (C=N–C) groups is 1. The van der Waals surface area contributed by atoms with E-state index in [-0.39, 0.29) is 5.12 Å². The van der Waals surface area contributed by atoms with Crippen LogP contribution in [-0.2, 0) is 4.79 Å². The molecule has 0 saturated carbocycles. The first-order valence-corrected chi connectivity index (χ1v) is 6.77. The van der Waals surface area contributed by atoms with Crippen molar-refractivity contribution in [3.8, 4) is 0 Å². The van der Waals surface area contributed by atoms with E-state index in [1.165, 1.54) is 11.8 Å². The summed E-state index contributed by atoms with van der Waals surface area (Å²) in [4.78, 5) is 16.4. The van der Waals surface area contributed by atoms with Gasteiger partial charge in [0.15, 0.2) is 0 Å². The zero-order valence-electron chi connectivity index (χ0n) is 10.1. The molecule has 2 aromatic carbocycles. The minimum absolute atomic E-state index is 0.00251. The normalized spacial score (nSPS) is 16.7. The standard InChI is InChI=1S/C16H11NOS/c18-16-14(11-12-7-3-1-4-8-12)17-15(19-16)13-9-5-2-6-10-13/h1-11H/b14-11+. The Kier molecular flexibility index (Phi) is 3.29. The predicted octanol–water partition coefficient (Wildman–Crippen LogP) is 3.75. The summed E-state index contributed by atoms with van der Waals surface area (Å²) < 4.78 is 0. The molecule has 0 aromatic heterocycles. The van der Waals surface area contributed by atoms with Crippen LogP contribution < -0.4 is 0 Å². The van der Waals surface area contributed by atoms with Gasteiger partial charge in [0.2, 0.25) is 5.12 Å². The lowest BCUT2D eigenvalue weighted by molar-refractivity contribution is -0.107. The second-order valence-corrected chi connectivity index (χ2v) is 5.07. The highest BCUT2D eigenvalue weighted by molar-refractivity contribution is 8.27. The van der Waals surface area contributed by atoms with Gasteiger partial charge in [0.05, 0.1) is 0 Å². The number of carbonyl (C=O) groups excluding carboxylic acids is 1. The largest absolute Gasteiger partial charge is 0.279 e. The summed E-state index contributed by atoms with van der Waals surface area (Å²) in [5.74, 6) is 0. The molecule has 0 amide bonds. The molecule has 19 heavy (non-hydrogen) atoms. The molecule has 92 valence electrons. The van der Waals surface area contributed by atoms with Crippen LogP contribution in [0.1, 0.15) is 11.1 Å². The lowest BCUT2D eigenvalue weighted by atomic mass is 10.2. The lowest BCUT2D eigenvalue weighted by Crippen LogP contribution is -1.91. The monoisotopic (exact) mass is 265 g/mol. The summed E-state index contributed by atoms with van der Waals surface area (Å²) in [5, 5.41) is 0.774. The molecule has 2 nitrogen and oxygen atoms in total. The fourth-order valence-electron chi connectivity index (χ4n) is 1.82. The molecule has 0 bridgehead atoms. The molecule has 2 aromatic rings. The van der Waals surface area contributed by atoms with Crippen LogP contribution in [0.3, 0.4) is 0 Å². The van der Waals surface area contributed by atoms with Gasteiger partial charge in [-0.1, -0.05) is 60.7 Å². The number of nitrogens with zero attached hydrogens (tertiary/aromatic N) is 1. The number of benzene rings is 2. The Balaban J connectivity index is 1.94. The van der Waals surface area contributed by atoms with E-state index in [1.54, 1.807) is 0 Å². The molecule has 0 atom stereocenters. The highest BCUT2D eigenvalue weighted by Gasteiger charge is 2.22. The molecule has 3 rings (SSSR count). The van der Waals surface area contributed by atoms with Crippen molar-refractivity contribution >= 4 is 28.0 Å². The Morgan fingerprint density at radius 3 is 2.21 bits per heavy atom. The Hall–Kier alpha value is -2.13. The van der Waals surface area contributed by atoms with Gasteiger partial charge in [-0.05, 0) is 23.4 Å². The summed E-state index contributed by atoms with van der Waals surface area (Å²) in [6.07, 6.45) is 1.82. The molecule has 0 N–H and O–H groups in total. The van der Waals surface area contributed by atoms with Gasteiger partial charge >= 0.3 is 0 Å². The van der Waals surface area contributed by atoms with Gasteiger partial charge in [0.25, 0.3) is 0 Å². The molecule has 0 unspecified atom stereocenters. The molecule has 1 heterocycles. The zero-order valence-corrected chi connectivity index (χ0v) is 10.9. The summed E-state index contributed by atoms with van der Waals surface area (Å²) in [6, 6.07) is 19.5. The molecule has 0 fully saturated rings. The van der Waals surface area contributed by atoms with Gasteiger partial charge in [-0.3, -0.25) is 4.79 Å². The van der Waals surface area contributed by atoms with Gasteiger partial charge in [-0.15, -0.1) is 0 Å². The fourth-order valence-corrected chi connectivity index (χ4v) is 2.60. The van der Waals surface area contributed by atoms with Crippen molar-refractivity contribution < 1.29 is 4.79 Å². The number of carbonyl (C=O) groups is 1. The third kappa shape index (κ3) is 2.66. The van der Waals surface area contributed by atoms with E-state index >= 15 is 0 Å². The van der Waals surface area contributed by atoms with E-state index in [0.717, 1.165) is 16.2 Å². The second kappa shape index (κ2) is 5.24. The Bertz CT molecular complexity index is 660. The third-order valence-corrected chi connectivity index (χ3v) is 3.66. The quantitative estimate of drug-likeness (QED) is 0.774. The van der Waals surface area contributed by atoms with Crippen LogP contribution >= 0.6 is 11.8 Å². The smallest absolute Gasteiger partial charge is 0.244 e. The van der Waals surface area contributed by atoms with E-state index in [9.17, 15) is 4.79 Å². The van der Waals surface area contributed by atoms with Gasteiger partial charge in [0.1, 0.15) is 10.7 Å². The topological polar surface area (TPSA) is 29.4 Å². The molecule has 3 heteroatoms. The molecule has 0 radical (unpaired) electrons. The van der Waals surface area contributed by atoms with Gasteiger partial charge < -0.3 is 0 Å². The van der Waals surface area contributed by atoms with E-state index < -0.39 is 0 Å². The maximum atomic E-state index is 11.9. The summed E-state index contributed by atoms with van der Waals surface area (Å²) >= 11 is 1.19. The van der Waals surface area contributed by atoms with E-state index in [4.69, 9.17) is 0 Å². The van der Waals surface area contributed by atoms with E-state index in [0.29, 0.717) is 5.70 Å². The molecule has 0 saturated heterocycles. The van der Waals surface area contributed by atoms with Crippen LogP contribution in [0.5, 0.6) is 0 Å². The lowest BCUT2D eigenvalue weighted by Gasteiger charge is -1.95. The van der Waals surface area contributed by atoms with Crippen molar-refractivity contribution in [2.45, 2.75) is 0 Å². The van der Waals surface area contributed by atoms with Crippen LogP contribution in [0.2, 0.25) is 0 Å². The first-order chi connectivity index (χ1) is 9.33. The summed E-state index contributed by atoms with van der Waals surface area (Å²) in [5.41, 5.74) is 2.48. The van der Waals surface area contributed by atoms with Crippen molar-refractivity contribution in [2.75, 3.05) is 0 Å². The average molecular weight is 265 g/mol. The first-order valence-electron chi connectivity index (χ1n) is 5.96. The van der Waals surface area contributed by atoms with Crippen molar-refractivity contribution in [3.63, 3.8) is 0 Å². The fraction of sp³-hybridized carbons (Fsp3) is 0. The molecule has 0 spiro atoms. The second-order valence-electron chi connectivity index (χ2n) is 4.11. The number of thioether (sulfide) groups is 1.